The lowest BCUT2D eigenvalue weighted by Gasteiger charge is -2.15. The summed E-state index contributed by atoms with van der Waals surface area (Å²) in [5.74, 6) is -0.657. The fraction of sp³-hybridized carbons (Fsp3) is 0.235. The summed E-state index contributed by atoms with van der Waals surface area (Å²) in [5, 5.41) is 2.58. The number of rotatable bonds is 6. The quantitative estimate of drug-likeness (QED) is 0.851. The largest absolute Gasteiger partial charge is 0.495 e. The van der Waals surface area contributed by atoms with Crippen LogP contribution in [0.5, 0.6) is 5.75 Å². The van der Waals surface area contributed by atoms with Crippen molar-refractivity contribution in [2.24, 2.45) is 0 Å². The van der Waals surface area contributed by atoms with Gasteiger partial charge >= 0.3 is 0 Å². The number of hydrogen-bond donors (Lipinski definition) is 1. The molecule has 6 nitrogen and oxygen atoms in total. The fourth-order valence-corrected chi connectivity index (χ4v) is 3.09. The van der Waals surface area contributed by atoms with E-state index in [2.05, 4.69) is 5.32 Å². The molecule has 0 radical (unpaired) electrons. The van der Waals surface area contributed by atoms with E-state index in [0.29, 0.717) is 5.75 Å². The minimum absolute atomic E-state index is 0.0134. The summed E-state index contributed by atoms with van der Waals surface area (Å²) >= 11 is 0. The van der Waals surface area contributed by atoms with Crippen molar-refractivity contribution in [3.63, 3.8) is 0 Å². The van der Waals surface area contributed by atoms with Crippen molar-refractivity contribution in [1.29, 1.82) is 0 Å². The molecule has 0 atom stereocenters. The number of amides is 1. The van der Waals surface area contributed by atoms with E-state index in [1.807, 2.05) is 0 Å². The van der Waals surface area contributed by atoms with Crippen molar-refractivity contribution in [2.75, 3.05) is 26.5 Å². The van der Waals surface area contributed by atoms with Gasteiger partial charge in [-0.2, -0.15) is 0 Å². The Morgan fingerprint density at radius 1 is 1.20 bits per heavy atom. The van der Waals surface area contributed by atoms with Crippen LogP contribution in [-0.2, 0) is 21.2 Å². The normalized spacial score (nSPS) is 11.4. The van der Waals surface area contributed by atoms with Crippen LogP contribution in [0.25, 0.3) is 0 Å². The highest BCUT2D eigenvalue weighted by Crippen LogP contribution is 2.28. The number of nitrogens with zero attached hydrogens (tertiary/aromatic N) is 1. The van der Waals surface area contributed by atoms with Crippen molar-refractivity contribution in [2.45, 2.75) is 11.3 Å². The second kappa shape index (κ2) is 7.62. The third kappa shape index (κ3) is 4.34. The molecular formula is C17H19FN2O4S. The van der Waals surface area contributed by atoms with Crippen LogP contribution in [0, 0.1) is 5.82 Å². The second-order valence-corrected chi connectivity index (χ2v) is 7.62. The number of anilines is 1. The first-order chi connectivity index (χ1) is 11.8. The Hall–Kier alpha value is -2.45. The van der Waals surface area contributed by atoms with Gasteiger partial charge in [-0.1, -0.05) is 18.2 Å². The maximum absolute atomic E-state index is 13.7. The molecule has 2 rings (SSSR count). The van der Waals surface area contributed by atoms with Gasteiger partial charge in [0.15, 0.2) is 0 Å². The van der Waals surface area contributed by atoms with Gasteiger partial charge in [-0.15, -0.1) is 0 Å². The molecule has 0 aliphatic heterocycles. The van der Waals surface area contributed by atoms with E-state index in [1.54, 1.807) is 6.07 Å². The van der Waals surface area contributed by atoms with Gasteiger partial charge in [0.05, 0.1) is 24.1 Å². The highest BCUT2D eigenvalue weighted by atomic mass is 32.2. The molecular weight excluding hydrogens is 347 g/mol. The molecule has 2 aromatic rings. The number of carbonyl (C=O) groups excluding carboxylic acids is 1. The van der Waals surface area contributed by atoms with Crippen molar-refractivity contribution in [3.8, 4) is 5.75 Å². The molecule has 0 fully saturated rings. The minimum Gasteiger partial charge on any atom is -0.495 e. The number of nitrogens with one attached hydrogen (secondary N) is 1. The molecule has 25 heavy (non-hydrogen) atoms. The zero-order valence-electron chi connectivity index (χ0n) is 14.1. The van der Waals surface area contributed by atoms with E-state index >= 15 is 0 Å². The van der Waals surface area contributed by atoms with Crippen molar-refractivity contribution in [3.05, 3.63) is 53.8 Å². The predicted octanol–water partition coefficient (Wildman–Crippen LogP) is 2.27. The van der Waals surface area contributed by atoms with Crippen LogP contribution in [-0.4, -0.2) is 39.8 Å². The monoisotopic (exact) mass is 366 g/mol. The Bertz CT molecular complexity index is 882. The average Bonchev–Trinajstić information content (AvgIpc) is 2.56. The van der Waals surface area contributed by atoms with E-state index in [-0.39, 0.29) is 22.6 Å². The first-order valence-electron chi connectivity index (χ1n) is 7.39. The van der Waals surface area contributed by atoms with Gasteiger partial charge in [-0.05, 0) is 29.8 Å². The highest BCUT2D eigenvalue weighted by Gasteiger charge is 2.20. The third-order valence-electron chi connectivity index (χ3n) is 3.53. The Morgan fingerprint density at radius 2 is 1.88 bits per heavy atom. The Morgan fingerprint density at radius 3 is 2.48 bits per heavy atom. The SMILES string of the molecule is COc1ccc(S(=O)(=O)N(C)C)cc1NC(=O)Cc1ccccc1F. The maximum atomic E-state index is 13.7. The van der Waals surface area contributed by atoms with Crippen LogP contribution >= 0.6 is 0 Å². The first kappa shape index (κ1) is 18.9. The summed E-state index contributed by atoms with van der Waals surface area (Å²) in [5.41, 5.74) is 0.447. The van der Waals surface area contributed by atoms with Crippen LogP contribution < -0.4 is 10.1 Å². The number of halogens is 1. The zero-order valence-corrected chi connectivity index (χ0v) is 14.9. The van der Waals surface area contributed by atoms with Crippen molar-refractivity contribution < 1.29 is 22.3 Å². The minimum atomic E-state index is -3.66. The maximum Gasteiger partial charge on any atom is 0.242 e. The van der Waals surface area contributed by atoms with Crippen LogP contribution in [0.1, 0.15) is 5.56 Å². The smallest absolute Gasteiger partial charge is 0.242 e. The molecule has 0 spiro atoms. The molecule has 8 heteroatoms. The van der Waals surface area contributed by atoms with Crippen molar-refractivity contribution >= 4 is 21.6 Å². The van der Waals surface area contributed by atoms with Gasteiger partial charge in [0.25, 0.3) is 0 Å². The number of carbonyl (C=O) groups is 1. The molecule has 0 heterocycles. The van der Waals surface area contributed by atoms with Gasteiger partial charge in [0.1, 0.15) is 11.6 Å². The van der Waals surface area contributed by atoms with Crippen molar-refractivity contribution in [1.82, 2.24) is 4.31 Å². The molecule has 2 aromatic carbocycles. The van der Waals surface area contributed by atoms with E-state index in [4.69, 9.17) is 4.74 Å². The topological polar surface area (TPSA) is 75.7 Å². The number of benzene rings is 2. The molecule has 0 unspecified atom stereocenters. The molecule has 1 amide bonds. The highest BCUT2D eigenvalue weighted by molar-refractivity contribution is 7.89. The van der Waals surface area contributed by atoms with Gasteiger partial charge < -0.3 is 10.1 Å². The standard InChI is InChI=1S/C17H19FN2O4S/c1-20(2)25(22,23)13-8-9-16(24-3)15(11-13)19-17(21)10-12-6-4-5-7-14(12)18/h4-9,11H,10H2,1-3H3,(H,19,21). The summed E-state index contributed by atoms with van der Waals surface area (Å²) in [6.07, 6.45) is -0.180. The molecule has 1 N–H and O–H groups in total. The molecule has 0 saturated carbocycles. The Labute approximate surface area is 146 Å². The number of hydrogen-bond acceptors (Lipinski definition) is 4. The fourth-order valence-electron chi connectivity index (χ4n) is 2.17. The summed E-state index contributed by atoms with van der Waals surface area (Å²) in [7, 11) is 0.571. The van der Waals surface area contributed by atoms with Crippen LogP contribution in [0.3, 0.4) is 0 Å². The lowest BCUT2D eigenvalue weighted by Crippen LogP contribution is -2.22. The Kier molecular flexibility index (Phi) is 5.76. The molecule has 0 aliphatic carbocycles. The van der Waals surface area contributed by atoms with Gasteiger partial charge in [-0.25, -0.2) is 17.1 Å². The molecule has 0 bridgehead atoms. The molecule has 0 aliphatic rings. The average molecular weight is 366 g/mol. The summed E-state index contributed by atoms with van der Waals surface area (Å²) < 4.78 is 44.3. The predicted molar refractivity (Wildman–Crippen MR) is 92.6 cm³/mol. The van der Waals surface area contributed by atoms with E-state index < -0.39 is 21.7 Å². The lowest BCUT2D eigenvalue weighted by molar-refractivity contribution is -0.115. The van der Waals surface area contributed by atoms with Gasteiger partial charge in [0, 0.05) is 14.1 Å². The van der Waals surface area contributed by atoms with Crippen LogP contribution in [0.4, 0.5) is 10.1 Å². The number of sulfonamides is 1. The van der Waals surface area contributed by atoms with E-state index in [9.17, 15) is 17.6 Å². The first-order valence-corrected chi connectivity index (χ1v) is 8.83. The van der Waals surface area contributed by atoms with E-state index in [0.717, 1.165) is 4.31 Å². The number of ether oxygens (including phenoxy) is 1. The summed E-state index contributed by atoms with van der Waals surface area (Å²) in [6.45, 7) is 0. The van der Waals surface area contributed by atoms with Crippen LogP contribution in [0.15, 0.2) is 47.4 Å². The third-order valence-corrected chi connectivity index (χ3v) is 5.34. The molecule has 0 aromatic heterocycles. The summed E-state index contributed by atoms with van der Waals surface area (Å²) in [6, 6.07) is 10.1. The number of methoxy groups -OCH3 is 1. The second-order valence-electron chi connectivity index (χ2n) is 5.47. The van der Waals surface area contributed by atoms with E-state index in [1.165, 1.54) is 57.6 Å². The van der Waals surface area contributed by atoms with Gasteiger partial charge in [-0.3, -0.25) is 4.79 Å². The van der Waals surface area contributed by atoms with Crippen LogP contribution in [0.2, 0.25) is 0 Å². The zero-order chi connectivity index (χ0) is 18.6. The van der Waals surface area contributed by atoms with Gasteiger partial charge in [0.2, 0.25) is 15.9 Å². The molecule has 134 valence electrons. The summed E-state index contributed by atoms with van der Waals surface area (Å²) in [4.78, 5) is 12.2. The Balaban J connectivity index is 2.28. The lowest BCUT2D eigenvalue weighted by atomic mass is 10.1. The molecule has 0 saturated heterocycles.